The zero-order valence-corrected chi connectivity index (χ0v) is 11.1. The monoisotopic (exact) mass is 261 g/mol. The van der Waals surface area contributed by atoms with E-state index in [1.165, 1.54) is 12.1 Å². The lowest BCUT2D eigenvalue weighted by atomic mass is 9.96. The summed E-state index contributed by atoms with van der Waals surface area (Å²) in [6.07, 6.45) is 0.530. The summed E-state index contributed by atoms with van der Waals surface area (Å²) in [4.78, 5) is 0. The molecule has 0 amide bonds. The highest BCUT2D eigenvalue weighted by Gasteiger charge is 2.11. The molecule has 2 N–H and O–H groups in total. The van der Waals surface area contributed by atoms with Gasteiger partial charge in [-0.2, -0.15) is 0 Å². The van der Waals surface area contributed by atoms with E-state index >= 15 is 0 Å². The van der Waals surface area contributed by atoms with Gasteiger partial charge >= 0.3 is 0 Å². The molecular weight excluding hydrogens is 244 g/mol. The Balaban J connectivity index is 2.23. The van der Waals surface area contributed by atoms with Crippen molar-refractivity contribution in [3.05, 3.63) is 70.3 Å². The molecular formula is C16H17F2N. The molecule has 0 radical (unpaired) electrons. The first-order chi connectivity index (χ1) is 8.97. The molecule has 0 aliphatic carbocycles. The first-order valence-corrected chi connectivity index (χ1v) is 6.24. The number of hydrogen-bond acceptors (Lipinski definition) is 1. The number of hydrogen-bond donors (Lipinski definition) is 1. The van der Waals surface area contributed by atoms with E-state index in [2.05, 4.69) is 0 Å². The van der Waals surface area contributed by atoms with Gasteiger partial charge in [0.15, 0.2) is 0 Å². The second-order valence-electron chi connectivity index (χ2n) is 4.91. The normalized spacial score (nSPS) is 12.5. The van der Waals surface area contributed by atoms with Crippen LogP contribution in [0.1, 0.15) is 28.3 Å². The molecule has 1 atom stereocenters. The van der Waals surface area contributed by atoms with Crippen molar-refractivity contribution in [1.29, 1.82) is 0 Å². The van der Waals surface area contributed by atoms with Crippen LogP contribution in [0.2, 0.25) is 0 Å². The Morgan fingerprint density at radius 1 is 1.05 bits per heavy atom. The smallest absolute Gasteiger partial charge is 0.129 e. The highest BCUT2D eigenvalue weighted by molar-refractivity contribution is 5.33. The molecule has 2 aromatic rings. The predicted octanol–water partition coefficient (Wildman–Crippen LogP) is 3.82. The quantitative estimate of drug-likeness (QED) is 0.893. The van der Waals surface area contributed by atoms with Crippen LogP contribution >= 0.6 is 0 Å². The summed E-state index contributed by atoms with van der Waals surface area (Å²) >= 11 is 0. The second-order valence-corrected chi connectivity index (χ2v) is 4.91. The molecule has 2 aromatic carbocycles. The van der Waals surface area contributed by atoms with Gasteiger partial charge in [0.1, 0.15) is 11.6 Å². The highest BCUT2D eigenvalue weighted by atomic mass is 19.1. The molecule has 19 heavy (non-hydrogen) atoms. The molecule has 2 rings (SSSR count). The largest absolute Gasteiger partial charge is 0.324 e. The molecule has 0 saturated heterocycles. The van der Waals surface area contributed by atoms with Gasteiger partial charge in [0.25, 0.3) is 0 Å². The Kier molecular flexibility index (Phi) is 3.96. The lowest BCUT2D eigenvalue weighted by molar-refractivity contribution is 0.604. The van der Waals surface area contributed by atoms with Crippen molar-refractivity contribution in [2.75, 3.05) is 0 Å². The van der Waals surface area contributed by atoms with Crippen molar-refractivity contribution in [2.45, 2.75) is 26.3 Å². The predicted molar refractivity (Wildman–Crippen MR) is 72.9 cm³/mol. The molecule has 0 aliphatic heterocycles. The lowest BCUT2D eigenvalue weighted by Crippen LogP contribution is -2.14. The fraction of sp³-hybridized carbons (Fsp3) is 0.250. The molecule has 0 bridgehead atoms. The molecule has 0 spiro atoms. The van der Waals surface area contributed by atoms with E-state index in [0.29, 0.717) is 17.5 Å². The Labute approximate surface area is 112 Å². The van der Waals surface area contributed by atoms with Gasteiger partial charge in [-0.05, 0) is 54.7 Å². The SMILES string of the molecule is Cc1cc(C(N)Cc2cccc(F)c2)cc(C)c1F. The van der Waals surface area contributed by atoms with Gasteiger partial charge in [0.2, 0.25) is 0 Å². The summed E-state index contributed by atoms with van der Waals surface area (Å²) in [5, 5.41) is 0. The van der Waals surface area contributed by atoms with Crippen molar-refractivity contribution in [3.63, 3.8) is 0 Å². The number of nitrogens with two attached hydrogens (primary N) is 1. The summed E-state index contributed by atoms with van der Waals surface area (Å²) in [7, 11) is 0. The second kappa shape index (κ2) is 5.49. The number of benzene rings is 2. The fourth-order valence-corrected chi connectivity index (χ4v) is 2.23. The third kappa shape index (κ3) is 3.18. The van der Waals surface area contributed by atoms with Crippen LogP contribution in [0.15, 0.2) is 36.4 Å². The fourth-order valence-electron chi connectivity index (χ4n) is 2.23. The molecule has 0 aromatic heterocycles. The Bertz CT molecular complexity index is 570. The van der Waals surface area contributed by atoms with Crippen molar-refractivity contribution in [1.82, 2.24) is 0 Å². The van der Waals surface area contributed by atoms with E-state index in [9.17, 15) is 8.78 Å². The van der Waals surface area contributed by atoms with E-state index in [0.717, 1.165) is 11.1 Å². The average Bonchev–Trinajstić information content (AvgIpc) is 2.35. The molecule has 0 aliphatic rings. The first-order valence-electron chi connectivity index (χ1n) is 6.24. The van der Waals surface area contributed by atoms with E-state index in [1.54, 1.807) is 32.0 Å². The maximum atomic E-state index is 13.6. The minimum absolute atomic E-state index is 0.193. The molecule has 0 fully saturated rings. The van der Waals surface area contributed by atoms with Gasteiger partial charge in [-0.15, -0.1) is 0 Å². The van der Waals surface area contributed by atoms with Crippen LogP contribution in [0.4, 0.5) is 8.78 Å². The highest BCUT2D eigenvalue weighted by Crippen LogP contribution is 2.21. The zero-order chi connectivity index (χ0) is 14.0. The molecule has 100 valence electrons. The molecule has 0 saturated carbocycles. The molecule has 1 nitrogen and oxygen atoms in total. The van der Waals surface area contributed by atoms with Crippen molar-refractivity contribution >= 4 is 0 Å². The van der Waals surface area contributed by atoms with E-state index < -0.39 is 0 Å². The van der Waals surface area contributed by atoms with Gasteiger partial charge in [0, 0.05) is 6.04 Å². The topological polar surface area (TPSA) is 26.0 Å². The van der Waals surface area contributed by atoms with Crippen molar-refractivity contribution < 1.29 is 8.78 Å². The van der Waals surface area contributed by atoms with E-state index in [4.69, 9.17) is 5.73 Å². The van der Waals surface area contributed by atoms with Crippen LogP contribution in [-0.4, -0.2) is 0 Å². The maximum Gasteiger partial charge on any atom is 0.129 e. The van der Waals surface area contributed by atoms with Crippen LogP contribution in [0.5, 0.6) is 0 Å². The minimum atomic E-state index is -0.267. The standard InChI is InChI=1S/C16H17F2N/c1-10-6-13(7-11(2)16(10)18)15(19)9-12-4-3-5-14(17)8-12/h3-8,15H,9,19H2,1-2H3. The number of rotatable bonds is 3. The third-order valence-corrected chi connectivity index (χ3v) is 3.23. The summed E-state index contributed by atoms with van der Waals surface area (Å²) in [6, 6.07) is 9.63. The zero-order valence-electron chi connectivity index (χ0n) is 11.1. The van der Waals surface area contributed by atoms with Crippen LogP contribution in [0.3, 0.4) is 0 Å². The van der Waals surface area contributed by atoms with Crippen molar-refractivity contribution in [2.24, 2.45) is 5.73 Å². The summed E-state index contributed by atoms with van der Waals surface area (Å²) in [5.41, 5.74) is 9.01. The lowest BCUT2D eigenvalue weighted by Gasteiger charge is -2.14. The molecule has 3 heteroatoms. The summed E-state index contributed by atoms with van der Waals surface area (Å²) in [5.74, 6) is -0.460. The maximum absolute atomic E-state index is 13.6. The van der Waals surface area contributed by atoms with Gasteiger partial charge in [-0.25, -0.2) is 8.78 Å². The van der Waals surface area contributed by atoms with Crippen LogP contribution in [0.25, 0.3) is 0 Å². The third-order valence-electron chi connectivity index (χ3n) is 3.23. The Hall–Kier alpha value is -1.74. The minimum Gasteiger partial charge on any atom is -0.324 e. The number of halogens is 2. The summed E-state index contributed by atoms with van der Waals surface area (Å²) < 4.78 is 26.7. The van der Waals surface area contributed by atoms with Gasteiger partial charge < -0.3 is 5.73 Å². The van der Waals surface area contributed by atoms with Gasteiger partial charge in [0.05, 0.1) is 0 Å². The van der Waals surface area contributed by atoms with Crippen LogP contribution in [-0.2, 0) is 6.42 Å². The van der Waals surface area contributed by atoms with E-state index in [1.807, 2.05) is 6.07 Å². The van der Waals surface area contributed by atoms with Crippen LogP contribution < -0.4 is 5.73 Å². The molecule has 0 heterocycles. The van der Waals surface area contributed by atoms with Crippen LogP contribution in [0, 0.1) is 25.5 Å². The van der Waals surface area contributed by atoms with Gasteiger partial charge in [-0.1, -0.05) is 24.3 Å². The number of aryl methyl sites for hydroxylation is 2. The molecule has 1 unspecified atom stereocenters. The van der Waals surface area contributed by atoms with E-state index in [-0.39, 0.29) is 17.7 Å². The van der Waals surface area contributed by atoms with Gasteiger partial charge in [-0.3, -0.25) is 0 Å². The Morgan fingerprint density at radius 3 is 2.26 bits per heavy atom. The Morgan fingerprint density at radius 2 is 1.68 bits per heavy atom. The average molecular weight is 261 g/mol. The first kappa shape index (κ1) is 13.7. The van der Waals surface area contributed by atoms with Crippen molar-refractivity contribution in [3.8, 4) is 0 Å². The summed E-state index contributed by atoms with van der Waals surface area (Å²) in [6.45, 7) is 3.45.